The van der Waals surface area contributed by atoms with E-state index in [0.29, 0.717) is 13.0 Å². The fourth-order valence-corrected chi connectivity index (χ4v) is 1.34. The van der Waals surface area contributed by atoms with Crippen molar-refractivity contribution in [2.45, 2.75) is 32.1 Å². The van der Waals surface area contributed by atoms with E-state index in [1.165, 1.54) is 19.1 Å². The number of rotatable bonds is 8. The Morgan fingerprint density at radius 3 is 2.30 bits per heavy atom. The van der Waals surface area contributed by atoms with Crippen LogP contribution in [0.5, 0.6) is 0 Å². The van der Waals surface area contributed by atoms with Crippen molar-refractivity contribution in [3.8, 4) is 0 Å². The molecule has 0 aliphatic rings. The number of aliphatic carboxylic acids is 1. The first-order valence-electron chi connectivity index (χ1n) is 6.20. The molecule has 0 saturated heterocycles. The fraction of sp³-hybridized carbons (Fsp3) is 0.667. The smallest absolute Gasteiger partial charge is 0.323 e. The summed E-state index contributed by atoms with van der Waals surface area (Å²) >= 11 is 0. The number of amides is 3. The Morgan fingerprint density at radius 1 is 1.10 bits per heavy atom. The van der Waals surface area contributed by atoms with E-state index in [0.717, 1.165) is 0 Å². The molecule has 3 amide bonds. The summed E-state index contributed by atoms with van der Waals surface area (Å²) in [5, 5.41) is 10.6. The first-order chi connectivity index (χ1) is 9.36. The minimum absolute atomic E-state index is 0.0198. The molecule has 0 aromatic carbocycles. The largest absolute Gasteiger partial charge is 0.481 e. The standard InChI is InChI=1S/C12H20N2O6/c1-14(8-4-7-11(18)20-2)12(19)13-9(15)5-3-6-10(16)17/h3-8H2,1-2H3,(H,16,17)(H,13,15,19). The van der Waals surface area contributed by atoms with Crippen molar-refractivity contribution < 1.29 is 29.0 Å². The van der Waals surface area contributed by atoms with Gasteiger partial charge >= 0.3 is 18.0 Å². The van der Waals surface area contributed by atoms with Crippen molar-refractivity contribution in [3.63, 3.8) is 0 Å². The molecule has 0 radical (unpaired) electrons. The van der Waals surface area contributed by atoms with E-state index < -0.39 is 17.9 Å². The summed E-state index contributed by atoms with van der Waals surface area (Å²) in [7, 11) is 2.78. The number of nitrogens with one attached hydrogen (secondary N) is 1. The van der Waals surface area contributed by atoms with Crippen molar-refractivity contribution >= 4 is 23.9 Å². The number of urea groups is 1. The third kappa shape index (κ3) is 8.90. The zero-order valence-corrected chi connectivity index (χ0v) is 11.7. The number of nitrogens with zero attached hydrogens (tertiary/aromatic N) is 1. The van der Waals surface area contributed by atoms with Crippen LogP contribution in [0.3, 0.4) is 0 Å². The number of ether oxygens (including phenoxy) is 1. The van der Waals surface area contributed by atoms with Crippen LogP contribution in [-0.2, 0) is 19.1 Å². The van der Waals surface area contributed by atoms with Gasteiger partial charge in [-0.05, 0) is 12.8 Å². The van der Waals surface area contributed by atoms with Gasteiger partial charge in [0.25, 0.3) is 0 Å². The summed E-state index contributed by atoms with van der Waals surface area (Å²) in [5.41, 5.74) is 0. The highest BCUT2D eigenvalue weighted by atomic mass is 16.5. The van der Waals surface area contributed by atoms with Crippen molar-refractivity contribution in [1.29, 1.82) is 0 Å². The van der Waals surface area contributed by atoms with Gasteiger partial charge in [-0.3, -0.25) is 19.7 Å². The normalized spacial score (nSPS) is 9.70. The molecular weight excluding hydrogens is 268 g/mol. The maximum atomic E-state index is 11.6. The number of carboxylic acids is 1. The SMILES string of the molecule is COC(=O)CCCN(C)C(=O)NC(=O)CCCC(=O)O. The number of carbonyl (C=O) groups excluding carboxylic acids is 3. The molecule has 0 fully saturated rings. The van der Waals surface area contributed by atoms with E-state index in [4.69, 9.17) is 5.11 Å². The maximum Gasteiger partial charge on any atom is 0.323 e. The van der Waals surface area contributed by atoms with Gasteiger partial charge in [-0.1, -0.05) is 0 Å². The topological polar surface area (TPSA) is 113 Å². The summed E-state index contributed by atoms with van der Waals surface area (Å²) in [4.78, 5) is 45.3. The van der Waals surface area contributed by atoms with E-state index in [2.05, 4.69) is 10.1 Å². The predicted octanol–water partition coefficient (Wildman–Crippen LogP) is 0.362. The molecule has 2 N–H and O–H groups in total. The molecule has 0 spiro atoms. The van der Waals surface area contributed by atoms with Gasteiger partial charge in [0, 0.05) is 32.9 Å². The summed E-state index contributed by atoms with van der Waals surface area (Å²) in [5.74, 6) is -1.86. The zero-order chi connectivity index (χ0) is 15.5. The van der Waals surface area contributed by atoms with Crippen LogP contribution in [0, 0.1) is 0 Å². The average molecular weight is 288 g/mol. The molecule has 0 saturated carbocycles. The minimum atomic E-state index is -0.982. The molecule has 0 bridgehead atoms. The molecular formula is C12H20N2O6. The number of carboxylic acid groups (broad SMARTS) is 1. The van der Waals surface area contributed by atoms with Crippen LogP contribution >= 0.6 is 0 Å². The molecule has 0 atom stereocenters. The number of hydrogen-bond acceptors (Lipinski definition) is 5. The van der Waals surface area contributed by atoms with Crippen molar-refractivity contribution in [1.82, 2.24) is 10.2 Å². The molecule has 0 aromatic rings. The molecule has 0 rings (SSSR count). The molecule has 0 unspecified atom stereocenters. The first kappa shape index (κ1) is 17.9. The van der Waals surface area contributed by atoms with Gasteiger partial charge in [-0.25, -0.2) is 4.79 Å². The van der Waals surface area contributed by atoms with E-state index in [1.807, 2.05) is 0 Å². The Morgan fingerprint density at radius 2 is 1.75 bits per heavy atom. The fourth-order valence-electron chi connectivity index (χ4n) is 1.34. The summed E-state index contributed by atoms with van der Waals surface area (Å²) in [6.45, 7) is 0.309. The number of methoxy groups -OCH3 is 1. The van der Waals surface area contributed by atoms with E-state index in [1.54, 1.807) is 0 Å². The molecule has 0 aliphatic heterocycles. The average Bonchev–Trinajstić information content (AvgIpc) is 2.37. The second-order valence-electron chi connectivity index (χ2n) is 4.20. The number of hydrogen-bond donors (Lipinski definition) is 2. The van der Waals surface area contributed by atoms with Gasteiger partial charge in [0.2, 0.25) is 5.91 Å². The lowest BCUT2D eigenvalue weighted by Gasteiger charge is -2.16. The lowest BCUT2D eigenvalue weighted by atomic mass is 10.2. The monoisotopic (exact) mass is 288 g/mol. The van der Waals surface area contributed by atoms with Gasteiger partial charge in [0.15, 0.2) is 0 Å². The highest BCUT2D eigenvalue weighted by molar-refractivity contribution is 5.94. The number of carbonyl (C=O) groups is 4. The van der Waals surface area contributed by atoms with E-state index >= 15 is 0 Å². The van der Waals surface area contributed by atoms with Crippen LogP contribution in [-0.4, -0.2) is 54.6 Å². The Kier molecular flexibility index (Phi) is 8.73. The highest BCUT2D eigenvalue weighted by Gasteiger charge is 2.13. The van der Waals surface area contributed by atoms with Crippen LogP contribution in [0.4, 0.5) is 4.79 Å². The van der Waals surface area contributed by atoms with Crippen molar-refractivity contribution in [2.75, 3.05) is 20.7 Å². The van der Waals surface area contributed by atoms with Gasteiger partial charge < -0.3 is 14.7 Å². The number of imide groups is 1. The van der Waals surface area contributed by atoms with Gasteiger partial charge in [0.1, 0.15) is 0 Å². The summed E-state index contributed by atoms with van der Waals surface area (Å²) in [6.07, 6.45) is 0.676. The molecule has 20 heavy (non-hydrogen) atoms. The van der Waals surface area contributed by atoms with E-state index in [-0.39, 0.29) is 31.7 Å². The molecule has 0 aliphatic carbocycles. The van der Waals surface area contributed by atoms with Crippen LogP contribution < -0.4 is 5.32 Å². The van der Waals surface area contributed by atoms with Gasteiger partial charge in [-0.2, -0.15) is 0 Å². The van der Waals surface area contributed by atoms with Crippen molar-refractivity contribution in [3.05, 3.63) is 0 Å². The third-order valence-electron chi connectivity index (χ3n) is 2.49. The molecule has 114 valence electrons. The summed E-state index contributed by atoms with van der Waals surface area (Å²) in [6, 6.07) is -0.574. The highest BCUT2D eigenvalue weighted by Crippen LogP contribution is 1.98. The van der Waals surface area contributed by atoms with Gasteiger partial charge in [-0.15, -0.1) is 0 Å². The zero-order valence-electron chi connectivity index (χ0n) is 11.7. The maximum absolute atomic E-state index is 11.6. The van der Waals surface area contributed by atoms with Crippen LogP contribution in [0.1, 0.15) is 32.1 Å². The lowest BCUT2D eigenvalue weighted by Crippen LogP contribution is -2.41. The Hall–Kier alpha value is -2.12. The lowest BCUT2D eigenvalue weighted by molar-refractivity contribution is -0.141. The second-order valence-corrected chi connectivity index (χ2v) is 4.20. The summed E-state index contributed by atoms with van der Waals surface area (Å²) < 4.78 is 4.46. The van der Waals surface area contributed by atoms with Crippen molar-refractivity contribution in [2.24, 2.45) is 0 Å². The Balaban J connectivity index is 3.86. The Labute approximate surface area is 117 Å². The van der Waals surface area contributed by atoms with Crippen LogP contribution in [0.25, 0.3) is 0 Å². The van der Waals surface area contributed by atoms with Crippen LogP contribution in [0.15, 0.2) is 0 Å². The molecule has 0 aromatic heterocycles. The molecule has 0 heterocycles. The predicted molar refractivity (Wildman–Crippen MR) is 68.9 cm³/mol. The van der Waals surface area contributed by atoms with E-state index in [9.17, 15) is 19.2 Å². The molecule has 8 nitrogen and oxygen atoms in total. The minimum Gasteiger partial charge on any atom is -0.481 e. The molecule has 8 heteroatoms. The van der Waals surface area contributed by atoms with Crippen LogP contribution in [0.2, 0.25) is 0 Å². The quantitative estimate of drug-likeness (QED) is 0.624. The first-order valence-corrected chi connectivity index (χ1v) is 6.20. The number of esters is 1. The third-order valence-corrected chi connectivity index (χ3v) is 2.49. The second kappa shape index (κ2) is 9.76. The Bertz CT molecular complexity index is 369. The van der Waals surface area contributed by atoms with Gasteiger partial charge in [0.05, 0.1) is 7.11 Å².